The number of rotatable bonds is 4. The maximum Gasteiger partial charge on any atom is 0.234 e. The van der Waals surface area contributed by atoms with Crippen LogP contribution >= 0.6 is 0 Å². The fraction of sp³-hybridized carbons (Fsp3) is 0. The average molecular weight is 526 g/mol. The molecule has 0 N–H and O–H groups in total. The van der Waals surface area contributed by atoms with E-state index >= 15 is 0 Å². The maximum atomic E-state index is 5.12. The van der Waals surface area contributed by atoms with E-state index in [9.17, 15) is 0 Å². The van der Waals surface area contributed by atoms with Gasteiger partial charge < -0.3 is 0 Å². The summed E-state index contributed by atoms with van der Waals surface area (Å²) < 4.78 is 2.05. The van der Waals surface area contributed by atoms with E-state index in [-0.39, 0.29) is 0 Å². The zero-order valence-corrected chi connectivity index (χ0v) is 22.0. The monoisotopic (exact) mass is 525 g/mol. The van der Waals surface area contributed by atoms with Gasteiger partial charge in [-0.2, -0.15) is 0 Å². The Morgan fingerprint density at radius 3 is 2.05 bits per heavy atom. The standard InChI is InChI=1S/C36H23N5/c1-3-9-24(10-4-1)30-23-28-18-19-31(39-32(28)34-29(30)13-7-20-37-34)25-14-16-26(17-15-25)33-35(27-11-5-2-6-12-27)41-22-8-21-38-36(41)40-33/h1-23H. The Balaban J connectivity index is 1.23. The van der Waals surface area contributed by atoms with Gasteiger partial charge in [-0.25, -0.2) is 15.0 Å². The molecule has 4 heterocycles. The number of aromatic nitrogens is 5. The topological polar surface area (TPSA) is 56.0 Å². The van der Waals surface area contributed by atoms with Gasteiger partial charge in [0.05, 0.1) is 28.1 Å². The molecule has 0 fully saturated rings. The van der Waals surface area contributed by atoms with Gasteiger partial charge >= 0.3 is 0 Å². The lowest BCUT2D eigenvalue weighted by Gasteiger charge is -2.11. The number of hydrogen-bond acceptors (Lipinski definition) is 4. The first-order valence-corrected chi connectivity index (χ1v) is 13.6. The van der Waals surface area contributed by atoms with E-state index in [2.05, 4.69) is 89.9 Å². The Kier molecular flexibility index (Phi) is 5.38. The SMILES string of the molecule is c1ccc(-c2cc3ccc(-c4ccc(-c5nc6ncccn6c5-c5ccccc5)cc4)nc3c3ncccc23)cc1. The molecule has 0 bridgehead atoms. The van der Waals surface area contributed by atoms with Crippen LogP contribution in [0.25, 0.3) is 72.5 Å². The summed E-state index contributed by atoms with van der Waals surface area (Å²) in [5, 5.41) is 2.17. The van der Waals surface area contributed by atoms with Gasteiger partial charge in [-0.05, 0) is 35.4 Å². The maximum absolute atomic E-state index is 5.12. The smallest absolute Gasteiger partial charge is 0.234 e. The van der Waals surface area contributed by atoms with Crippen LogP contribution < -0.4 is 0 Å². The van der Waals surface area contributed by atoms with E-state index in [4.69, 9.17) is 15.0 Å². The van der Waals surface area contributed by atoms with E-state index in [1.165, 1.54) is 5.56 Å². The molecule has 8 rings (SSSR count). The van der Waals surface area contributed by atoms with Gasteiger partial charge in [0.1, 0.15) is 0 Å². The van der Waals surface area contributed by atoms with Gasteiger partial charge in [0.15, 0.2) is 0 Å². The molecule has 0 radical (unpaired) electrons. The predicted octanol–water partition coefficient (Wildman–Crippen LogP) is 8.49. The molecule has 0 aliphatic carbocycles. The molecule has 4 aromatic carbocycles. The number of nitrogens with zero attached hydrogens (tertiary/aromatic N) is 5. The number of benzene rings is 4. The lowest BCUT2D eigenvalue weighted by atomic mass is 9.97. The third kappa shape index (κ3) is 3.95. The van der Waals surface area contributed by atoms with Crippen LogP contribution in [-0.2, 0) is 0 Å². The third-order valence-corrected chi connectivity index (χ3v) is 7.54. The van der Waals surface area contributed by atoms with Crippen LogP contribution in [0, 0.1) is 0 Å². The van der Waals surface area contributed by atoms with E-state index in [0.29, 0.717) is 5.78 Å². The van der Waals surface area contributed by atoms with Crippen molar-refractivity contribution in [2.45, 2.75) is 0 Å². The van der Waals surface area contributed by atoms with Gasteiger partial charge in [0.25, 0.3) is 0 Å². The van der Waals surface area contributed by atoms with Crippen LogP contribution in [-0.4, -0.2) is 24.3 Å². The van der Waals surface area contributed by atoms with E-state index in [1.807, 2.05) is 53.2 Å². The number of hydrogen-bond donors (Lipinski definition) is 0. The Bertz CT molecular complexity index is 2180. The first-order chi connectivity index (χ1) is 20.3. The summed E-state index contributed by atoms with van der Waals surface area (Å²) in [7, 11) is 0. The number of imidazole rings is 1. The summed E-state index contributed by atoms with van der Waals surface area (Å²) in [4.78, 5) is 19.3. The molecule has 0 amide bonds. The Labute approximate surface area is 236 Å². The van der Waals surface area contributed by atoms with Crippen molar-refractivity contribution in [1.29, 1.82) is 0 Å². The van der Waals surface area contributed by atoms with Crippen LogP contribution in [0.1, 0.15) is 0 Å². The second-order valence-corrected chi connectivity index (χ2v) is 10.0. The molecular weight excluding hydrogens is 502 g/mol. The van der Waals surface area contributed by atoms with Crippen molar-refractivity contribution in [2.24, 2.45) is 0 Å². The van der Waals surface area contributed by atoms with Crippen LogP contribution in [0.15, 0.2) is 140 Å². The highest BCUT2D eigenvalue weighted by atomic mass is 15.1. The molecule has 5 nitrogen and oxygen atoms in total. The molecule has 41 heavy (non-hydrogen) atoms. The minimum absolute atomic E-state index is 0.677. The van der Waals surface area contributed by atoms with Gasteiger partial charge in [0, 0.05) is 46.1 Å². The zero-order chi connectivity index (χ0) is 27.2. The molecule has 0 unspecified atom stereocenters. The van der Waals surface area contributed by atoms with Crippen LogP contribution in [0.5, 0.6) is 0 Å². The molecule has 0 atom stereocenters. The second-order valence-electron chi connectivity index (χ2n) is 10.0. The zero-order valence-electron chi connectivity index (χ0n) is 22.0. The summed E-state index contributed by atoms with van der Waals surface area (Å²) in [5.74, 6) is 0.677. The Morgan fingerprint density at radius 2 is 1.24 bits per heavy atom. The highest BCUT2D eigenvalue weighted by Gasteiger charge is 2.17. The molecule has 192 valence electrons. The average Bonchev–Trinajstić information content (AvgIpc) is 3.45. The quantitative estimate of drug-likeness (QED) is 0.216. The minimum atomic E-state index is 0.677. The molecule has 0 saturated heterocycles. The van der Waals surface area contributed by atoms with E-state index in [0.717, 1.165) is 61.1 Å². The third-order valence-electron chi connectivity index (χ3n) is 7.54. The van der Waals surface area contributed by atoms with Gasteiger partial charge in [-0.1, -0.05) is 97.1 Å². The van der Waals surface area contributed by atoms with Crippen molar-refractivity contribution in [3.05, 3.63) is 140 Å². The first kappa shape index (κ1) is 23.2. The normalized spacial score (nSPS) is 11.4. The van der Waals surface area contributed by atoms with Crippen molar-refractivity contribution in [2.75, 3.05) is 0 Å². The Hall–Kier alpha value is -5.68. The summed E-state index contributed by atoms with van der Waals surface area (Å²) in [6.45, 7) is 0. The molecule has 4 aromatic heterocycles. The van der Waals surface area contributed by atoms with Crippen LogP contribution in [0.3, 0.4) is 0 Å². The molecule has 0 spiro atoms. The molecule has 0 saturated carbocycles. The summed E-state index contributed by atoms with van der Waals surface area (Å²) in [6.07, 6.45) is 5.63. The first-order valence-electron chi connectivity index (χ1n) is 13.6. The van der Waals surface area contributed by atoms with Gasteiger partial charge in [-0.3, -0.25) is 9.38 Å². The van der Waals surface area contributed by atoms with Crippen molar-refractivity contribution < 1.29 is 0 Å². The summed E-state index contributed by atoms with van der Waals surface area (Å²) >= 11 is 0. The van der Waals surface area contributed by atoms with Crippen molar-refractivity contribution in [3.63, 3.8) is 0 Å². The number of pyridine rings is 2. The number of fused-ring (bicyclic) bond motifs is 4. The molecule has 5 heteroatoms. The molecule has 8 aromatic rings. The van der Waals surface area contributed by atoms with E-state index < -0.39 is 0 Å². The van der Waals surface area contributed by atoms with Crippen LogP contribution in [0.2, 0.25) is 0 Å². The molecule has 0 aliphatic heterocycles. The van der Waals surface area contributed by atoms with Crippen molar-refractivity contribution >= 4 is 27.6 Å². The second kappa shape index (κ2) is 9.50. The minimum Gasteiger partial charge on any atom is -0.283 e. The fourth-order valence-electron chi connectivity index (χ4n) is 5.60. The van der Waals surface area contributed by atoms with Gasteiger partial charge in [0.2, 0.25) is 5.78 Å². The summed E-state index contributed by atoms with van der Waals surface area (Å²) in [6, 6.07) is 41.7. The molecular formula is C36H23N5. The highest BCUT2D eigenvalue weighted by Crippen LogP contribution is 2.36. The predicted molar refractivity (Wildman–Crippen MR) is 165 cm³/mol. The highest BCUT2D eigenvalue weighted by molar-refractivity contribution is 6.10. The fourth-order valence-corrected chi connectivity index (χ4v) is 5.60. The molecule has 0 aliphatic rings. The van der Waals surface area contributed by atoms with E-state index in [1.54, 1.807) is 6.20 Å². The largest absolute Gasteiger partial charge is 0.283 e. The Morgan fingerprint density at radius 1 is 0.512 bits per heavy atom. The summed E-state index contributed by atoms with van der Waals surface area (Å²) in [5.41, 5.74) is 10.1. The lowest BCUT2D eigenvalue weighted by molar-refractivity contribution is 1.11. The van der Waals surface area contributed by atoms with Crippen molar-refractivity contribution in [3.8, 4) is 44.9 Å². The van der Waals surface area contributed by atoms with Crippen molar-refractivity contribution in [1.82, 2.24) is 24.3 Å². The lowest BCUT2D eigenvalue weighted by Crippen LogP contribution is -1.92. The van der Waals surface area contributed by atoms with Crippen LogP contribution in [0.4, 0.5) is 0 Å². The van der Waals surface area contributed by atoms with Gasteiger partial charge in [-0.15, -0.1) is 0 Å².